The van der Waals surface area contributed by atoms with E-state index in [4.69, 9.17) is 38.9 Å². The van der Waals surface area contributed by atoms with Crippen LogP contribution in [-0.4, -0.2) is 35.2 Å². The van der Waals surface area contributed by atoms with Crippen LogP contribution in [0.25, 0.3) is 0 Å². The lowest BCUT2D eigenvalue weighted by Gasteiger charge is -2.13. The van der Waals surface area contributed by atoms with Crippen molar-refractivity contribution in [3.8, 4) is 5.75 Å². The Morgan fingerprint density at radius 1 is 1.32 bits per heavy atom. The molecule has 0 radical (unpaired) electrons. The second-order valence-electron chi connectivity index (χ2n) is 5.93. The Morgan fingerprint density at radius 2 is 2.04 bits per heavy atom. The lowest BCUT2D eigenvalue weighted by molar-refractivity contribution is 0.0949. The number of aromatic nitrogens is 1. The summed E-state index contributed by atoms with van der Waals surface area (Å²) in [4.78, 5) is 24.9. The Labute approximate surface area is 171 Å². The SMILES string of the molecule is COc1c(C(=O)NCCCc2ccc(Cl)c(Cl)c2)cc(/C(N)=N/O)n(C)c1=O. The molecular weight excluding hydrogens is 407 g/mol. The minimum absolute atomic E-state index is 0.00161. The molecule has 28 heavy (non-hydrogen) atoms. The number of oxime groups is 1. The molecular formula is C18H20Cl2N4O4. The molecule has 4 N–H and O–H groups in total. The van der Waals surface area contributed by atoms with Gasteiger partial charge >= 0.3 is 0 Å². The molecule has 0 aliphatic rings. The maximum atomic E-state index is 12.5. The number of carbonyl (C=O) groups excluding carboxylic acids is 1. The van der Waals surface area contributed by atoms with Gasteiger partial charge in [-0.25, -0.2) is 0 Å². The number of nitrogens with two attached hydrogens (primary N) is 1. The minimum atomic E-state index is -0.576. The predicted octanol–water partition coefficient (Wildman–Crippen LogP) is 2.16. The van der Waals surface area contributed by atoms with Crippen molar-refractivity contribution >= 4 is 34.9 Å². The van der Waals surface area contributed by atoms with Crippen LogP contribution in [0, 0.1) is 0 Å². The monoisotopic (exact) mass is 426 g/mol. The number of amidine groups is 1. The second-order valence-corrected chi connectivity index (χ2v) is 6.75. The first-order chi connectivity index (χ1) is 13.3. The molecule has 1 amide bonds. The third-order valence-electron chi connectivity index (χ3n) is 4.12. The number of nitrogens with zero attached hydrogens (tertiary/aromatic N) is 2. The van der Waals surface area contributed by atoms with Crippen LogP contribution in [0.3, 0.4) is 0 Å². The lowest BCUT2D eigenvalue weighted by Crippen LogP contribution is -2.33. The van der Waals surface area contributed by atoms with E-state index >= 15 is 0 Å². The van der Waals surface area contributed by atoms with E-state index in [-0.39, 0.29) is 22.8 Å². The normalized spacial score (nSPS) is 11.4. The van der Waals surface area contributed by atoms with E-state index in [0.29, 0.717) is 29.4 Å². The Morgan fingerprint density at radius 3 is 2.64 bits per heavy atom. The van der Waals surface area contributed by atoms with E-state index in [9.17, 15) is 9.59 Å². The van der Waals surface area contributed by atoms with Crippen molar-refractivity contribution in [1.82, 2.24) is 9.88 Å². The highest BCUT2D eigenvalue weighted by molar-refractivity contribution is 6.42. The number of halogens is 2. The van der Waals surface area contributed by atoms with Gasteiger partial charge in [-0.1, -0.05) is 34.4 Å². The van der Waals surface area contributed by atoms with Gasteiger partial charge in [0.1, 0.15) is 0 Å². The van der Waals surface area contributed by atoms with Crippen LogP contribution in [-0.2, 0) is 13.5 Å². The van der Waals surface area contributed by atoms with Crippen molar-refractivity contribution < 1.29 is 14.7 Å². The lowest BCUT2D eigenvalue weighted by atomic mass is 10.1. The first kappa shape index (κ1) is 21.6. The molecule has 0 saturated carbocycles. The van der Waals surface area contributed by atoms with Crippen molar-refractivity contribution in [2.45, 2.75) is 12.8 Å². The van der Waals surface area contributed by atoms with Gasteiger partial charge in [0.25, 0.3) is 11.5 Å². The highest BCUT2D eigenvalue weighted by Crippen LogP contribution is 2.23. The Kier molecular flexibility index (Phi) is 7.31. The van der Waals surface area contributed by atoms with Crippen LogP contribution in [0.2, 0.25) is 10.0 Å². The predicted molar refractivity (Wildman–Crippen MR) is 108 cm³/mol. The number of carbonyl (C=O) groups is 1. The molecule has 0 unspecified atom stereocenters. The van der Waals surface area contributed by atoms with Crippen molar-refractivity contribution in [3.63, 3.8) is 0 Å². The number of hydrogen-bond donors (Lipinski definition) is 3. The number of hydrogen-bond acceptors (Lipinski definition) is 5. The molecule has 10 heteroatoms. The van der Waals surface area contributed by atoms with Crippen LogP contribution in [0.15, 0.2) is 34.2 Å². The molecule has 1 heterocycles. The number of rotatable bonds is 7. The number of methoxy groups -OCH3 is 1. The zero-order valence-corrected chi connectivity index (χ0v) is 16.8. The van der Waals surface area contributed by atoms with Gasteiger partial charge in [-0.15, -0.1) is 0 Å². The zero-order valence-electron chi connectivity index (χ0n) is 15.3. The van der Waals surface area contributed by atoms with Crippen LogP contribution >= 0.6 is 23.2 Å². The third-order valence-corrected chi connectivity index (χ3v) is 4.86. The molecule has 8 nitrogen and oxygen atoms in total. The summed E-state index contributed by atoms with van der Waals surface area (Å²) in [5.74, 6) is -0.925. The van der Waals surface area contributed by atoms with E-state index in [1.165, 1.54) is 20.2 Å². The van der Waals surface area contributed by atoms with Crippen molar-refractivity contribution in [2.24, 2.45) is 17.9 Å². The van der Waals surface area contributed by atoms with E-state index < -0.39 is 11.5 Å². The molecule has 0 fully saturated rings. The van der Waals surface area contributed by atoms with Crippen LogP contribution in [0.4, 0.5) is 0 Å². The summed E-state index contributed by atoms with van der Waals surface area (Å²) in [5, 5.41) is 15.4. The van der Waals surface area contributed by atoms with Gasteiger partial charge in [0.05, 0.1) is 28.4 Å². The average Bonchev–Trinajstić information content (AvgIpc) is 2.68. The molecule has 0 spiro atoms. The maximum absolute atomic E-state index is 12.5. The molecule has 2 rings (SSSR count). The van der Waals surface area contributed by atoms with Gasteiger partial charge in [0.15, 0.2) is 11.6 Å². The summed E-state index contributed by atoms with van der Waals surface area (Å²) in [6.45, 7) is 0.357. The largest absolute Gasteiger partial charge is 0.491 e. The number of benzene rings is 1. The molecule has 0 aliphatic heterocycles. The first-order valence-corrected chi connectivity index (χ1v) is 9.03. The summed E-state index contributed by atoms with van der Waals surface area (Å²) in [5.41, 5.74) is 6.09. The van der Waals surface area contributed by atoms with Crippen LogP contribution < -0.4 is 21.3 Å². The van der Waals surface area contributed by atoms with Gasteiger partial charge < -0.3 is 25.6 Å². The summed E-state index contributed by atoms with van der Waals surface area (Å²) in [6.07, 6.45) is 1.32. The maximum Gasteiger partial charge on any atom is 0.294 e. The van der Waals surface area contributed by atoms with Crippen LogP contribution in [0.5, 0.6) is 5.75 Å². The summed E-state index contributed by atoms with van der Waals surface area (Å²) in [6, 6.07) is 6.70. The molecule has 0 aliphatic carbocycles. The number of aryl methyl sites for hydroxylation is 1. The standard InChI is InChI=1S/C18H20Cl2N4O4/c1-24-14(16(21)23-27)9-11(15(28-2)18(24)26)17(25)22-7-3-4-10-5-6-12(19)13(20)8-10/h5-6,8-9,27H,3-4,7H2,1-2H3,(H2,21,23)(H,22,25). The number of pyridine rings is 1. The van der Waals surface area contributed by atoms with E-state index in [2.05, 4.69) is 10.5 Å². The molecule has 1 aromatic carbocycles. The zero-order chi connectivity index (χ0) is 20.8. The molecule has 1 aromatic heterocycles. The van der Waals surface area contributed by atoms with Gasteiger partial charge in [-0.2, -0.15) is 0 Å². The van der Waals surface area contributed by atoms with Crippen molar-refractivity contribution in [3.05, 3.63) is 61.5 Å². The topological polar surface area (TPSA) is 119 Å². The molecule has 0 saturated heterocycles. The fourth-order valence-corrected chi connectivity index (χ4v) is 2.94. The smallest absolute Gasteiger partial charge is 0.294 e. The van der Waals surface area contributed by atoms with Gasteiger partial charge in [0, 0.05) is 13.6 Å². The number of amides is 1. The average molecular weight is 427 g/mol. The molecule has 2 aromatic rings. The highest BCUT2D eigenvalue weighted by Gasteiger charge is 2.20. The third kappa shape index (κ3) is 4.76. The Hall–Kier alpha value is -2.71. The second kappa shape index (κ2) is 9.48. The Balaban J connectivity index is 2.11. The van der Waals surface area contributed by atoms with Gasteiger partial charge in [0.2, 0.25) is 0 Å². The molecule has 150 valence electrons. The first-order valence-electron chi connectivity index (χ1n) is 8.28. The number of ether oxygens (including phenoxy) is 1. The number of nitrogens with one attached hydrogen (secondary N) is 1. The summed E-state index contributed by atoms with van der Waals surface area (Å²) >= 11 is 11.9. The Bertz CT molecular complexity index is 973. The fourth-order valence-electron chi connectivity index (χ4n) is 2.62. The van der Waals surface area contributed by atoms with E-state index in [1.54, 1.807) is 12.1 Å². The van der Waals surface area contributed by atoms with Crippen LogP contribution in [0.1, 0.15) is 28.0 Å². The van der Waals surface area contributed by atoms with Crippen molar-refractivity contribution in [2.75, 3.05) is 13.7 Å². The fraction of sp³-hybridized carbons (Fsp3) is 0.278. The quantitative estimate of drug-likeness (QED) is 0.206. The highest BCUT2D eigenvalue weighted by atomic mass is 35.5. The van der Waals surface area contributed by atoms with E-state index in [0.717, 1.165) is 10.1 Å². The molecule has 0 bridgehead atoms. The summed E-state index contributed by atoms with van der Waals surface area (Å²) < 4.78 is 6.22. The van der Waals surface area contributed by atoms with Gasteiger partial charge in [-0.05, 0) is 36.6 Å². The van der Waals surface area contributed by atoms with Crippen molar-refractivity contribution in [1.29, 1.82) is 0 Å². The summed E-state index contributed by atoms with van der Waals surface area (Å²) in [7, 11) is 2.72. The minimum Gasteiger partial charge on any atom is -0.491 e. The molecule has 0 atom stereocenters. The van der Waals surface area contributed by atoms with Gasteiger partial charge in [-0.3, -0.25) is 9.59 Å². The van der Waals surface area contributed by atoms with E-state index in [1.807, 2.05) is 6.07 Å².